The molecule has 0 unspecified atom stereocenters. The summed E-state index contributed by atoms with van der Waals surface area (Å²) in [5, 5.41) is 2.87. The Morgan fingerprint density at radius 2 is 1.75 bits per heavy atom. The first-order valence-corrected chi connectivity index (χ1v) is 6.76. The lowest BCUT2D eigenvalue weighted by Gasteiger charge is -2.25. The van der Waals surface area contributed by atoms with Crippen LogP contribution in [0.3, 0.4) is 0 Å². The first kappa shape index (κ1) is 16.2. The molecule has 1 aromatic rings. The minimum Gasteiger partial charge on any atom is -0.350 e. The fraction of sp³-hybridized carbons (Fsp3) is 0.500. The molecule has 4 nitrogen and oxygen atoms in total. The maximum absolute atomic E-state index is 12.0. The summed E-state index contributed by atoms with van der Waals surface area (Å²) in [4.78, 5) is 25.3. The van der Waals surface area contributed by atoms with Gasteiger partial charge in [0.25, 0.3) is 0 Å². The van der Waals surface area contributed by atoms with Crippen molar-refractivity contribution in [1.29, 1.82) is 0 Å². The van der Waals surface area contributed by atoms with E-state index in [1.807, 2.05) is 52.8 Å². The molecule has 20 heavy (non-hydrogen) atoms. The molecule has 0 spiro atoms. The van der Waals surface area contributed by atoms with Crippen LogP contribution in [0.1, 0.15) is 38.8 Å². The molecule has 0 fully saturated rings. The van der Waals surface area contributed by atoms with Crippen molar-refractivity contribution in [2.75, 3.05) is 11.4 Å². The summed E-state index contributed by atoms with van der Waals surface area (Å²) in [6.45, 7) is 11.3. The number of hydrogen-bond donors (Lipinski definition) is 1. The highest BCUT2D eigenvalue weighted by Gasteiger charge is 2.19. The van der Waals surface area contributed by atoms with Gasteiger partial charge in [0.1, 0.15) is 6.54 Å². The van der Waals surface area contributed by atoms with Gasteiger partial charge in [0.05, 0.1) is 0 Å². The molecule has 0 aliphatic heterocycles. The van der Waals surface area contributed by atoms with E-state index in [9.17, 15) is 9.59 Å². The van der Waals surface area contributed by atoms with Crippen molar-refractivity contribution in [2.45, 2.75) is 47.1 Å². The van der Waals surface area contributed by atoms with Gasteiger partial charge in [-0.15, -0.1) is 0 Å². The molecule has 1 rings (SSSR count). The molecule has 4 heteroatoms. The molecule has 0 bridgehead atoms. The molecule has 0 aliphatic carbocycles. The zero-order chi connectivity index (χ0) is 15.5. The summed E-state index contributed by atoms with van der Waals surface area (Å²) in [5.41, 5.74) is 2.72. The second kappa shape index (κ2) is 6.07. The van der Waals surface area contributed by atoms with E-state index in [2.05, 4.69) is 5.32 Å². The minimum atomic E-state index is -0.303. The number of hydrogen-bond acceptors (Lipinski definition) is 2. The molecule has 0 aromatic heterocycles. The highest BCUT2D eigenvalue weighted by atomic mass is 16.2. The van der Waals surface area contributed by atoms with Crippen molar-refractivity contribution in [3.8, 4) is 0 Å². The van der Waals surface area contributed by atoms with Crippen LogP contribution in [0.4, 0.5) is 5.69 Å². The minimum absolute atomic E-state index is 0.0368. The summed E-state index contributed by atoms with van der Waals surface area (Å²) in [7, 11) is 0. The average Bonchev–Trinajstić information content (AvgIpc) is 2.27. The average molecular weight is 276 g/mol. The summed E-state index contributed by atoms with van der Waals surface area (Å²) in [6, 6.07) is 5.76. The fourth-order valence-corrected chi connectivity index (χ4v) is 1.88. The lowest BCUT2D eigenvalue weighted by atomic mass is 10.1. The van der Waals surface area contributed by atoms with E-state index < -0.39 is 0 Å². The summed E-state index contributed by atoms with van der Waals surface area (Å²) >= 11 is 0. The maximum Gasteiger partial charge on any atom is 0.240 e. The Hall–Kier alpha value is -1.84. The molecular formula is C16H24N2O2. The zero-order valence-corrected chi connectivity index (χ0v) is 13.2. The number of amides is 2. The van der Waals surface area contributed by atoms with Gasteiger partial charge >= 0.3 is 0 Å². The molecule has 2 amide bonds. The monoisotopic (exact) mass is 276 g/mol. The quantitative estimate of drug-likeness (QED) is 0.922. The van der Waals surface area contributed by atoms with Crippen LogP contribution in [-0.2, 0) is 9.59 Å². The van der Waals surface area contributed by atoms with E-state index in [0.717, 1.165) is 16.8 Å². The van der Waals surface area contributed by atoms with Crippen LogP contribution in [0.5, 0.6) is 0 Å². The molecule has 0 atom stereocenters. The van der Waals surface area contributed by atoms with Crippen molar-refractivity contribution < 1.29 is 9.59 Å². The van der Waals surface area contributed by atoms with Gasteiger partial charge < -0.3 is 10.2 Å². The van der Waals surface area contributed by atoms with Crippen molar-refractivity contribution in [2.24, 2.45) is 0 Å². The van der Waals surface area contributed by atoms with Gasteiger partial charge in [0, 0.05) is 18.2 Å². The lowest BCUT2D eigenvalue weighted by Crippen LogP contribution is -2.47. The van der Waals surface area contributed by atoms with Crippen molar-refractivity contribution in [3.63, 3.8) is 0 Å². The molecule has 1 aromatic carbocycles. The van der Waals surface area contributed by atoms with Crippen LogP contribution in [-0.4, -0.2) is 23.9 Å². The highest BCUT2D eigenvalue weighted by Crippen LogP contribution is 2.19. The Labute approximate surface area is 121 Å². The second-order valence-corrected chi connectivity index (χ2v) is 6.17. The zero-order valence-electron chi connectivity index (χ0n) is 13.2. The van der Waals surface area contributed by atoms with Crippen LogP contribution in [0, 0.1) is 13.8 Å². The van der Waals surface area contributed by atoms with Gasteiger partial charge in [-0.1, -0.05) is 6.07 Å². The molecule has 0 saturated heterocycles. The highest BCUT2D eigenvalue weighted by molar-refractivity contribution is 5.97. The van der Waals surface area contributed by atoms with Crippen LogP contribution < -0.4 is 10.2 Å². The lowest BCUT2D eigenvalue weighted by molar-refractivity contribution is -0.124. The van der Waals surface area contributed by atoms with E-state index >= 15 is 0 Å². The van der Waals surface area contributed by atoms with Gasteiger partial charge in [0.2, 0.25) is 11.8 Å². The first-order chi connectivity index (χ1) is 9.10. The van der Waals surface area contributed by atoms with Gasteiger partial charge in [-0.05, 0) is 57.9 Å². The normalized spacial score (nSPS) is 11.1. The summed E-state index contributed by atoms with van der Waals surface area (Å²) in [5.74, 6) is -0.303. The number of anilines is 1. The molecule has 0 aliphatic rings. The number of rotatable bonds is 3. The molecule has 0 radical (unpaired) electrons. The van der Waals surface area contributed by atoms with Crippen molar-refractivity contribution >= 4 is 17.5 Å². The number of benzene rings is 1. The van der Waals surface area contributed by atoms with E-state index in [4.69, 9.17) is 0 Å². The second-order valence-electron chi connectivity index (χ2n) is 6.17. The number of nitrogens with one attached hydrogen (secondary N) is 1. The Balaban J connectivity index is 2.92. The first-order valence-electron chi connectivity index (χ1n) is 6.76. The van der Waals surface area contributed by atoms with Crippen LogP contribution in [0.15, 0.2) is 18.2 Å². The van der Waals surface area contributed by atoms with Gasteiger partial charge in [0.15, 0.2) is 0 Å². The SMILES string of the molecule is CC(=O)N(CC(=O)NC(C)(C)C)c1ccc(C)c(C)c1. The molecular weight excluding hydrogens is 252 g/mol. The third-order valence-corrected chi connectivity index (χ3v) is 3.00. The largest absolute Gasteiger partial charge is 0.350 e. The molecule has 0 saturated carbocycles. The van der Waals surface area contributed by atoms with E-state index in [1.165, 1.54) is 11.8 Å². The van der Waals surface area contributed by atoms with Gasteiger partial charge in [-0.3, -0.25) is 9.59 Å². The standard InChI is InChI=1S/C16H24N2O2/c1-11-7-8-14(9-12(11)2)18(13(3)19)10-15(20)17-16(4,5)6/h7-9H,10H2,1-6H3,(H,17,20). The van der Waals surface area contributed by atoms with Crippen LogP contribution in [0.2, 0.25) is 0 Å². The number of aryl methyl sites for hydroxylation is 2. The predicted octanol–water partition coefficient (Wildman–Crippen LogP) is 2.57. The predicted molar refractivity (Wildman–Crippen MR) is 81.8 cm³/mol. The maximum atomic E-state index is 12.0. The topological polar surface area (TPSA) is 49.4 Å². The van der Waals surface area contributed by atoms with Crippen LogP contribution >= 0.6 is 0 Å². The summed E-state index contributed by atoms with van der Waals surface area (Å²) < 4.78 is 0. The molecule has 110 valence electrons. The van der Waals surface area contributed by atoms with Crippen molar-refractivity contribution in [3.05, 3.63) is 29.3 Å². The third-order valence-electron chi connectivity index (χ3n) is 3.00. The van der Waals surface area contributed by atoms with Crippen LogP contribution in [0.25, 0.3) is 0 Å². The fourth-order valence-electron chi connectivity index (χ4n) is 1.88. The Bertz CT molecular complexity index is 516. The molecule has 0 heterocycles. The summed E-state index contributed by atoms with van der Waals surface area (Å²) in [6.07, 6.45) is 0. The Morgan fingerprint density at radius 3 is 2.20 bits per heavy atom. The number of nitrogens with zero attached hydrogens (tertiary/aromatic N) is 1. The van der Waals surface area contributed by atoms with Gasteiger partial charge in [-0.25, -0.2) is 0 Å². The Morgan fingerprint density at radius 1 is 1.15 bits per heavy atom. The smallest absolute Gasteiger partial charge is 0.240 e. The Kier molecular flexibility index (Phi) is 4.93. The molecule has 1 N–H and O–H groups in total. The number of carbonyl (C=O) groups excluding carboxylic acids is 2. The van der Waals surface area contributed by atoms with E-state index in [-0.39, 0.29) is 23.9 Å². The van der Waals surface area contributed by atoms with E-state index in [1.54, 1.807) is 0 Å². The third kappa shape index (κ3) is 4.68. The van der Waals surface area contributed by atoms with Crippen molar-refractivity contribution in [1.82, 2.24) is 5.32 Å². The van der Waals surface area contributed by atoms with E-state index in [0.29, 0.717) is 0 Å². The number of carbonyl (C=O) groups is 2. The van der Waals surface area contributed by atoms with Gasteiger partial charge in [-0.2, -0.15) is 0 Å².